The van der Waals surface area contributed by atoms with E-state index in [1.54, 1.807) is 0 Å². The summed E-state index contributed by atoms with van der Waals surface area (Å²) in [6, 6.07) is 3.73. The van der Waals surface area contributed by atoms with Crippen molar-refractivity contribution in [2.75, 3.05) is 11.4 Å². The third-order valence-corrected chi connectivity index (χ3v) is 3.25. The Morgan fingerprint density at radius 1 is 1.27 bits per heavy atom. The number of benzene rings is 1. The number of anilines is 1. The molecule has 0 atom stereocenters. The van der Waals surface area contributed by atoms with Gasteiger partial charge >= 0.3 is 12.1 Å². The summed E-state index contributed by atoms with van der Waals surface area (Å²) >= 11 is 0. The first kappa shape index (κ1) is 14.5. The van der Waals surface area contributed by atoms with E-state index >= 15 is 0 Å². The molecule has 0 spiro atoms. The zero-order valence-corrected chi connectivity index (χ0v) is 11.0. The van der Waals surface area contributed by atoms with Gasteiger partial charge in [-0.25, -0.2) is 4.39 Å². The predicted octanol–water partition coefficient (Wildman–Crippen LogP) is 3.02. The van der Waals surface area contributed by atoms with Crippen LogP contribution >= 0.6 is 0 Å². The maximum Gasteiger partial charge on any atom is 0.471 e. The van der Waals surface area contributed by atoms with Gasteiger partial charge in [0.25, 0.3) is 0 Å². The first-order chi connectivity index (χ1) is 10.4. The van der Waals surface area contributed by atoms with Crippen LogP contribution in [0.2, 0.25) is 0 Å². The molecule has 116 valence electrons. The Hall–Kier alpha value is -2.45. The molecule has 1 fully saturated rings. The Balaban J connectivity index is 1.92. The van der Waals surface area contributed by atoms with Gasteiger partial charge in [0.05, 0.1) is 5.56 Å². The van der Waals surface area contributed by atoms with Gasteiger partial charge in [-0.3, -0.25) is 4.79 Å². The molecule has 1 aromatic carbocycles. The minimum absolute atomic E-state index is 0.119. The number of alkyl halides is 3. The van der Waals surface area contributed by atoms with Crippen molar-refractivity contribution in [3.05, 3.63) is 29.9 Å². The lowest BCUT2D eigenvalue weighted by molar-refractivity contribution is -0.159. The minimum atomic E-state index is -4.79. The zero-order valence-electron chi connectivity index (χ0n) is 11.0. The molecule has 1 aromatic heterocycles. The number of amides is 1. The largest absolute Gasteiger partial charge is 0.471 e. The summed E-state index contributed by atoms with van der Waals surface area (Å²) in [5.74, 6) is -2.98. The molecule has 0 aliphatic carbocycles. The van der Waals surface area contributed by atoms with E-state index in [-0.39, 0.29) is 11.5 Å². The molecule has 3 rings (SSSR count). The van der Waals surface area contributed by atoms with Gasteiger partial charge in [0, 0.05) is 18.7 Å². The van der Waals surface area contributed by atoms with E-state index in [2.05, 4.69) is 14.7 Å². The molecule has 0 saturated carbocycles. The predicted molar refractivity (Wildman–Crippen MR) is 66.3 cm³/mol. The number of halogens is 4. The summed E-state index contributed by atoms with van der Waals surface area (Å²) < 4.78 is 55.3. The Labute approximate surface area is 121 Å². The van der Waals surface area contributed by atoms with E-state index in [0.29, 0.717) is 25.1 Å². The Morgan fingerprint density at radius 2 is 2.05 bits per heavy atom. The molecule has 2 aromatic rings. The second kappa shape index (κ2) is 5.08. The van der Waals surface area contributed by atoms with Gasteiger partial charge in [0.1, 0.15) is 5.82 Å². The molecule has 1 saturated heterocycles. The van der Waals surface area contributed by atoms with E-state index in [4.69, 9.17) is 0 Å². The summed E-state index contributed by atoms with van der Waals surface area (Å²) in [6.45, 7) is 0.484. The topological polar surface area (TPSA) is 59.2 Å². The first-order valence-electron chi connectivity index (χ1n) is 6.37. The van der Waals surface area contributed by atoms with Crippen LogP contribution in [-0.2, 0) is 11.0 Å². The zero-order chi connectivity index (χ0) is 15.9. The molecule has 22 heavy (non-hydrogen) atoms. The molecule has 9 heteroatoms. The van der Waals surface area contributed by atoms with E-state index < -0.39 is 23.7 Å². The number of carbonyl (C=O) groups is 1. The van der Waals surface area contributed by atoms with Crippen LogP contribution < -0.4 is 4.90 Å². The summed E-state index contributed by atoms with van der Waals surface area (Å²) in [5.41, 5.74) is 0.123. The van der Waals surface area contributed by atoms with Crippen molar-refractivity contribution in [2.45, 2.75) is 19.0 Å². The standard InChI is InChI=1S/C13H9F4N3O2/c14-9-6-7(20-5-1-2-10(20)21)3-4-8(9)11-18-12(22-19-11)13(15,16)17/h3-4,6H,1-2,5H2. The van der Waals surface area contributed by atoms with E-state index in [1.165, 1.54) is 17.0 Å². The van der Waals surface area contributed by atoms with Crippen molar-refractivity contribution >= 4 is 11.6 Å². The average Bonchev–Trinajstić information content (AvgIpc) is 3.06. The molecular weight excluding hydrogens is 306 g/mol. The lowest BCUT2D eigenvalue weighted by Gasteiger charge is -2.15. The van der Waals surface area contributed by atoms with Gasteiger partial charge in [-0.05, 0) is 24.6 Å². The number of nitrogens with zero attached hydrogens (tertiary/aromatic N) is 3. The van der Waals surface area contributed by atoms with E-state index in [0.717, 1.165) is 6.07 Å². The first-order valence-corrected chi connectivity index (χ1v) is 6.37. The fourth-order valence-corrected chi connectivity index (χ4v) is 2.22. The molecule has 2 heterocycles. The van der Waals surface area contributed by atoms with Crippen LogP contribution in [0.5, 0.6) is 0 Å². The van der Waals surface area contributed by atoms with Crippen molar-refractivity contribution in [3.63, 3.8) is 0 Å². The molecule has 0 radical (unpaired) electrons. The lowest BCUT2D eigenvalue weighted by atomic mass is 10.1. The van der Waals surface area contributed by atoms with Gasteiger partial charge < -0.3 is 9.42 Å². The SMILES string of the molecule is O=C1CCCN1c1ccc(-c2noc(C(F)(F)F)n2)c(F)c1. The van der Waals surface area contributed by atoms with Crippen LogP contribution in [0.15, 0.2) is 22.7 Å². The molecule has 0 bridgehead atoms. The fourth-order valence-electron chi connectivity index (χ4n) is 2.22. The van der Waals surface area contributed by atoms with E-state index in [9.17, 15) is 22.4 Å². The average molecular weight is 315 g/mol. The minimum Gasteiger partial charge on any atom is -0.329 e. The van der Waals surface area contributed by atoms with Gasteiger partial charge in [0.15, 0.2) is 0 Å². The summed E-state index contributed by atoms with van der Waals surface area (Å²) in [6.07, 6.45) is -3.71. The van der Waals surface area contributed by atoms with Crippen LogP contribution in [0.3, 0.4) is 0 Å². The van der Waals surface area contributed by atoms with Crippen LogP contribution in [0, 0.1) is 5.82 Å². The fraction of sp³-hybridized carbons (Fsp3) is 0.308. The second-order valence-corrected chi connectivity index (χ2v) is 4.73. The van der Waals surface area contributed by atoms with Crippen molar-refractivity contribution in [1.82, 2.24) is 10.1 Å². The Kier molecular flexibility index (Phi) is 3.34. The monoisotopic (exact) mass is 315 g/mol. The molecular formula is C13H9F4N3O2. The molecule has 0 unspecified atom stereocenters. The van der Waals surface area contributed by atoms with Crippen LogP contribution in [0.25, 0.3) is 11.4 Å². The third kappa shape index (κ3) is 2.53. The molecule has 1 amide bonds. The lowest BCUT2D eigenvalue weighted by Crippen LogP contribution is -2.23. The highest BCUT2D eigenvalue weighted by Gasteiger charge is 2.38. The summed E-state index contributed by atoms with van der Waals surface area (Å²) in [4.78, 5) is 16.1. The van der Waals surface area contributed by atoms with Crippen LogP contribution in [0.4, 0.5) is 23.2 Å². The van der Waals surface area contributed by atoms with Crippen LogP contribution in [0.1, 0.15) is 18.7 Å². The number of hydrogen-bond acceptors (Lipinski definition) is 4. The molecule has 5 nitrogen and oxygen atoms in total. The highest BCUT2D eigenvalue weighted by atomic mass is 19.4. The quantitative estimate of drug-likeness (QED) is 0.799. The van der Waals surface area contributed by atoms with Crippen LogP contribution in [-0.4, -0.2) is 22.6 Å². The Bertz CT molecular complexity index is 726. The number of rotatable bonds is 2. The maximum atomic E-state index is 14.1. The number of hydrogen-bond donors (Lipinski definition) is 0. The van der Waals surface area contributed by atoms with Crippen molar-refractivity contribution < 1.29 is 26.9 Å². The highest BCUT2D eigenvalue weighted by molar-refractivity contribution is 5.95. The van der Waals surface area contributed by atoms with Crippen molar-refractivity contribution in [3.8, 4) is 11.4 Å². The normalized spacial score (nSPS) is 15.6. The summed E-state index contributed by atoms with van der Waals surface area (Å²) in [5, 5.41) is 3.13. The van der Waals surface area contributed by atoms with Crippen molar-refractivity contribution in [2.24, 2.45) is 0 Å². The second-order valence-electron chi connectivity index (χ2n) is 4.73. The maximum absolute atomic E-state index is 14.1. The number of aromatic nitrogens is 2. The van der Waals surface area contributed by atoms with Gasteiger partial charge in [-0.15, -0.1) is 0 Å². The summed E-state index contributed by atoms with van der Waals surface area (Å²) in [7, 11) is 0. The third-order valence-electron chi connectivity index (χ3n) is 3.25. The Morgan fingerprint density at radius 3 is 2.59 bits per heavy atom. The smallest absolute Gasteiger partial charge is 0.329 e. The van der Waals surface area contributed by atoms with Crippen molar-refractivity contribution in [1.29, 1.82) is 0 Å². The number of carbonyl (C=O) groups excluding carboxylic acids is 1. The van der Waals surface area contributed by atoms with Gasteiger partial charge in [0.2, 0.25) is 11.7 Å². The van der Waals surface area contributed by atoms with E-state index in [1.807, 2.05) is 0 Å². The highest BCUT2D eigenvalue weighted by Crippen LogP contribution is 2.31. The molecule has 1 aliphatic rings. The molecule has 1 aliphatic heterocycles. The molecule has 0 N–H and O–H groups in total. The van der Waals surface area contributed by atoms with Gasteiger partial charge in [-0.1, -0.05) is 5.16 Å². The van der Waals surface area contributed by atoms with Gasteiger partial charge in [-0.2, -0.15) is 18.2 Å².